The van der Waals surface area contributed by atoms with Gasteiger partial charge in [0.1, 0.15) is 0 Å². The van der Waals surface area contributed by atoms with Gasteiger partial charge in [0.15, 0.2) is 0 Å². The summed E-state index contributed by atoms with van der Waals surface area (Å²) in [6, 6.07) is 0. The molecule has 50 valence electrons. The Hall–Kier alpha value is 0.230. The molecule has 0 aliphatic carbocycles. The first-order valence-electron chi connectivity index (χ1n) is 2.36. The first-order chi connectivity index (χ1) is 3.81. The lowest BCUT2D eigenvalue weighted by Crippen LogP contribution is -2.24. The highest BCUT2D eigenvalue weighted by atomic mass is 32.2. The van der Waals surface area contributed by atoms with Crippen molar-refractivity contribution in [2.45, 2.75) is 6.10 Å². The Balaban J connectivity index is 2.86. The van der Waals surface area contributed by atoms with Crippen LogP contribution in [-0.4, -0.2) is 35.7 Å². The van der Waals surface area contributed by atoms with Gasteiger partial charge in [-0.25, -0.2) is 0 Å². The standard InChI is InChI=1S/C4H11NO2S/c1-8-5-2-4(7)3-6/h4-7H,2-3H2,1H3. The van der Waals surface area contributed by atoms with Gasteiger partial charge in [0.05, 0.1) is 12.7 Å². The van der Waals surface area contributed by atoms with Crippen molar-refractivity contribution in [1.82, 2.24) is 4.72 Å². The normalized spacial score (nSPS) is 13.9. The van der Waals surface area contributed by atoms with Gasteiger partial charge in [-0.2, -0.15) is 0 Å². The minimum Gasteiger partial charge on any atom is -0.394 e. The summed E-state index contributed by atoms with van der Waals surface area (Å²) in [5.41, 5.74) is 0. The van der Waals surface area contributed by atoms with E-state index in [0.717, 1.165) is 0 Å². The van der Waals surface area contributed by atoms with E-state index in [2.05, 4.69) is 4.72 Å². The van der Waals surface area contributed by atoms with Crippen LogP contribution >= 0.6 is 11.9 Å². The highest BCUT2D eigenvalue weighted by Gasteiger charge is 1.97. The molecule has 0 saturated carbocycles. The lowest BCUT2D eigenvalue weighted by atomic mass is 10.4. The molecule has 0 bridgehead atoms. The maximum absolute atomic E-state index is 8.66. The molecule has 1 atom stereocenters. The van der Waals surface area contributed by atoms with Gasteiger partial charge < -0.3 is 10.2 Å². The van der Waals surface area contributed by atoms with Crippen molar-refractivity contribution < 1.29 is 10.2 Å². The van der Waals surface area contributed by atoms with Crippen LogP contribution in [0.25, 0.3) is 0 Å². The predicted octanol–water partition coefficient (Wildman–Crippen LogP) is -0.793. The molecule has 4 heteroatoms. The third kappa shape index (κ3) is 4.39. The Kier molecular flexibility index (Phi) is 5.52. The average Bonchev–Trinajstić information content (AvgIpc) is 1.83. The highest BCUT2D eigenvalue weighted by molar-refractivity contribution is 7.96. The molecular formula is C4H11NO2S. The lowest BCUT2D eigenvalue weighted by Gasteiger charge is -2.04. The maximum atomic E-state index is 8.66. The summed E-state index contributed by atoms with van der Waals surface area (Å²) >= 11 is 1.42. The SMILES string of the molecule is CSNCC(O)CO. The zero-order chi connectivity index (χ0) is 6.41. The van der Waals surface area contributed by atoms with Crippen LogP contribution in [0.3, 0.4) is 0 Å². The molecule has 0 radical (unpaired) electrons. The van der Waals surface area contributed by atoms with Crippen molar-refractivity contribution in [1.29, 1.82) is 0 Å². The smallest absolute Gasteiger partial charge is 0.0904 e. The van der Waals surface area contributed by atoms with Crippen molar-refractivity contribution in [2.24, 2.45) is 0 Å². The van der Waals surface area contributed by atoms with Crippen LogP contribution in [0.2, 0.25) is 0 Å². The van der Waals surface area contributed by atoms with Crippen molar-refractivity contribution >= 4 is 11.9 Å². The summed E-state index contributed by atoms with van der Waals surface area (Å²) in [5, 5.41) is 16.9. The number of aliphatic hydroxyl groups excluding tert-OH is 2. The molecule has 0 fully saturated rings. The maximum Gasteiger partial charge on any atom is 0.0904 e. The Morgan fingerprint density at radius 2 is 2.38 bits per heavy atom. The van der Waals surface area contributed by atoms with E-state index in [1.807, 2.05) is 6.26 Å². The molecule has 0 aromatic carbocycles. The Morgan fingerprint density at radius 1 is 1.75 bits per heavy atom. The minimum atomic E-state index is -0.623. The molecule has 0 aliphatic heterocycles. The van der Waals surface area contributed by atoms with E-state index in [1.54, 1.807) is 0 Å². The molecule has 8 heavy (non-hydrogen) atoms. The van der Waals surface area contributed by atoms with Gasteiger partial charge in [-0.3, -0.25) is 4.72 Å². The van der Waals surface area contributed by atoms with E-state index in [0.29, 0.717) is 6.54 Å². The molecule has 0 spiro atoms. The fourth-order valence-electron chi connectivity index (χ4n) is 0.244. The first-order valence-corrected chi connectivity index (χ1v) is 3.58. The molecule has 0 aromatic rings. The summed E-state index contributed by atoms with van der Waals surface area (Å²) in [7, 11) is 0. The molecule has 0 aromatic heterocycles. The van der Waals surface area contributed by atoms with Crippen LogP contribution in [0.1, 0.15) is 0 Å². The molecular weight excluding hydrogens is 126 g/mol. The fourth-order valence-corrected chi connectivity index (χ4v) is 0.603. The molecule has 0 saturated heterocycles. The molecule has 3 nitrogen and oxygen atoms in total. The Bertz CT molecular complexity index is 53.3. The summed E-state index contributed by atoms with van der Waals surface area (Å²) < 4.78 is 2.81. The van der Waals surface area contributed by atoms with E-state index in [9.17, 15) is 0 Å². The second-order valence-electron chi connectivity index (χ2n) is 1.39. The van der Waals surface area contributed by atoms with Crippen molar-refractivity contribution in [3.8, 4) is 0 Å². The third-order valence-corrected chi connectivity index (χ3v) is 1.13. The Morgan fingerprint density at radius 3 is 2.75 bits per heavy atom. The van der Waals surface area contributed by atoms with E-state index >= 15 is 0 Å². The Labute approximate surface area is 53.2 Å². The van der Waals surface area contributed by atoms with E-state index < -0.39 is 6.10 Å². The zero-order valence-electron chi connectivity index (χ0n) is 4.79. The molecule has 3 N–H and O–H groups in total. The fraction of sp³-hybridized carbons (Fsp3) is 1.00. The number of rotatable bonds is 4. The van der Waals surface area contributed by atoms with Crippen LogP contribution in [0, 0.1) is 0 Å². The predicted molar refractivity (Wildman–Crippen MR) is 34.6 cm³/mol. The van der Waals surface area contributed by atoms with Gasteiger partial charge in [-0.15, -0.1) is 0 Å². The van der Waals surface area contributed by atoms with Gasteiger partial charge in [0.2, 0.25) is 0 Å². The summed E-state index contributed by atoms with van der Waals surface area (Å²) in [6.45, 7) is 0.269. The third-order valence-electron chi connectivity index (χ3n) is 0.674. The molecule has 0 amide bonds. The van der Waals surface area contributed by atoms with Crippen LogP contribution in [0.5, 0.6) is 0 Å². The number of aliphatic hydroxyl groups is 2. The van der Waals surface area contributed by atoms with Crippen LogP contribution in [-0.2, 0) is 0 Å². The van der Waals surface area contributed by atoms with E-state index in [-0.39, 0.29) is 6.61 Å². The second-order valence-corrected chi connectivity index (χ2v) is 2.09. The summed E-state index contributed by atoms with van der Waals surface area (Å²) in [5.74, 6) is 0. The van der Waals surface area contributed by atoms with Crippen molar-refractivity contribution in [3.63, 3.8) is 0 Å². The van der Waals surface area contributed by atoms with Gasteiger partial charge in [0, 0.05) is 6.54 Å². The summed E-state index contributed by atoms with van der Waals surface area (Å²) in [6.07, 6.45) is 1.24. The molecule has 0 heterocycles. The number of nitrogens with one attached hydrogen (secondary N) is 1. The monoisotopic (exact) mass is 137 g/mol. The average molecular weight is 137 g/mol. The highest BCUT2D eigenvalue weighted by Crippen LogP contribution is 1.83. The van der Waals surface area contributed by atoms with Gasteiger partial charge in [-0.05, 0) is 6.26 Å². The molecule has 1 unspecified atom stereocenters. The van der Waals surface area contributed by atoms with Crippen LogP contribution in [0.4, 0.5) is 0 Å². The van der Waals surface area contributed by atoms with Gasteiger partial charge in [-0.1, -0.05) is 11.9 Å². The van der Waals surface area contributed by atoms with Crippen molar-refractivity contribution in [3.05, 3.63) is 0 Å². The summed E-state index contributed by atoms with van der Waals surface area (Å²) in [4.78, 5) is 0. The van der Waals surface area contributed by atoms with Crippen molar-refractivity contribution in [2.75, 3.05) is 19.4 Å². The minimum absolute atomic E-state index is 0.173. The largest absolute Gasteiger partial charge is 0.394 e. The van der Waals surface area contributed by atoms with Crippen LogP contribution in [0.15, 0.2) is 0 Å². The van der Waals surface area contributed by atoms with E-state index in [4.69, 9.17) is 10.2 Å². The quantitative estimate of drug-likeness (QED) is 0.444. The second kappa shape index (κ2) is 5.37. The van der Waals surface area contributed by atoms with Crippen LogP contribution < -0.4 is 4.72 Å². The lowest BCUT2D eigenvalue weighted by molar-refractivity contribution is 0.0994. The molecule has 0 rings (SSSR count). The van der Waals surface area contributed by atoms with Gasteiger partial charge >= 0.3 is 0 Å². The zero-order valence-corrected chi connectivity index (χ0v) is 5.61. The molecule has 0 aliphatic rings. The number of hydrogen-bond donors (Lipinski definition) is 3. The topological polar surface area (TPSA) is 52.5 Å². The van der Waals surface area contributed by atoms with E-state index in [1.165, 1.54) is 11.9 Å². The van der Waals surface area contributed by atoms with Gasteiger partial charge in [0.25, 0.3) is 0 Å². The number of hydrogen-bond acceptors (Lipinski definition) is 4. The first kappa shape index (κ1) is 8.23.